The second-order valence-electron chi connectivity index (χ2n) is 4.93. The molecule has 0 heterocycles. The van der Waals surface area contributed by atoms with Gasteiger partial charge in [-0.05, 0) is 29.7 Å². The fraction of sp³-hybridized carbons (Fsp3) is 0.0526. The van der Waals surface area contributed by atoms with E-state index in [0.717, 1.165) is 22.3 Å². The maximum atomic E-state index is 10.1. The van der Waals surface area contributed by atoms with E-state index < -0.39 is 0 Å². The Hall–Kier alpha value is -2.54. The minimum Gasteiger partial charge on any atom is -0.507 e. The molecule has 1 N–H and O–H groups in total. The molecule has 3 rings (SSSR count). The van der Waals surface area contributed by atoms with Gasteiger partial charge < -0.3 is 5.11 Å². The van der Waals surface area contributed by atoms with Crippen LogP contribution in [-0.2, 0) is 0 Å². The van der Waals surface area contributed by atoms with Crippen molar-refractivity contribution in [1.82, 2.24) is 0 Å². The van der Waals surface area contributed by atoms with Gasteiger partial charge in [0.25, 0.3) is 0 Å². The Labute approximate surface area is 119 Å². The first-order chi connectivity index (χ1) is 9.75. The Bertz CT molecular complexity index is 730. The average molecular weight is 260 g/mol. The van der Waals surface area contributed by atoms with Gasteiger partial charge in [0.2, 0.25) is 0 Å². The molecule has 0 saturated carbocycles. The van der Waals surface area contributed by atoms with Gasteiger partial charge in [-0.25, -0.2) is 0 Å². The van der Waals surface area contributed by atoms with Gasteiger partial charge in [-0.2, -0.15) is 0 Å². The van der Waals surface area contributed by atoms with Crippen LogP contribution in [0.4, 0.5) is 0 Å². The van der Waals surface area contributed by atoms with E-state index in [2.05, 4.69) is 37.3 Å². The Morgan fingerprint density at radius 3 is 2.10 bits per heavy atom. The topological polar surface area (TPSA) is 20.2 Å². The molecule has 0 spiro atoms. The molecule has 98 valence electrons. The van der Waals surface area contributed by atoms with Crippen LogP contribution in [0.15, 0.2) is 72.8 Å². The van der Waals surface area contributed by atoms with Crippen LogP contribution in [0.1, 0.15) is 5.56 Å². The number of benzene rings is 3. The van der Waals surface area contributed by atoms with Crippen LogP contribution in [0.2, 0.25) is 0 Å². The van der Waals surface area contributed by atoms with E-state index in [-0.39, 0.29) is 0 Å². The Kier molecular flexibility index (Phi) is 3.26. The fourth-order valence-electron chi connectivity index (χ4n) is 2.45. The van der Waals surface area contributed by atoms with Crippen molar-refractivity contribution in [3.63, 3.8) is 0 Å². The van der Waals surface area contributed by atoms with Crippen LogP contribution in [0, 0.1) is 6.92 Å². The highest BCUT2D eigenvalue weighted by atomic mass is 16.3. The van der Waals surface area contributed by atoms with Crippen LogP contribution >= 0.6 is 0 Å². The lowest BCUT2D eigenvalue weighted by Gasteiger charge is -2.12. The predicted octanol–water partition coefficient (Wildman–Crippen LogP) is 5.03. The Morgan fingerprint density at radius 1 is 0.650 bits per heavy atom. The lowest BCUT2D eigenvalue weighted by atomic mass is 9.92. The molecule has 0 saturated heterocycles. The number of para-hydroxylation sites is 1. The summed E-state index contributed by atoms with van der Waals surface area (Å²) in [6, 6.07) is 24.1. The summed E-state index contributed by atoms with van der Waals surface area (Å²) in [6.07, 6.45) is 0. The summed E-state index contributed by atoms with van der Waals surface area (Å²) in [5, 5.41) is 10.1. The summed E-state index contributed by atoms with van der Waals surface area (Å²) < 4.78 is 0. The van der Waals surface area contributed by atoms with E-state index in [1.807, 2.05) is 36.4 Å². The Morgan fingerprint density at radius 2 is 1.35 bits per heavy atom. The lowest BCUT2D eigenvalue weighted by Crippen LogP contribution is -1.87. The van der Waals surface area contributed by atoms with Crippen molar-refractivity contribution in [2.24, 2.45) is 0 Å². The lowest BCUT2D eigenvalue weighted by molar-refractivity contribution is 0.477. The number of phenolic OH excluding ortho intramolecular Hbond substituents is 1. The van der Waals surface area contributed by atoms with Gasteiger partial charge in [0.1, 0.15) is 5.75 Å². The van der Waals surface area contributed by atoms with Gasteiger partial charge in [-0.15, -0.1) is 0 Å². The third-order valence-corrected chi connectivity index (χ3v) is 3.45. The van der Waals surface area contributed by atoms with E-state index in [9.17, 15) is 5.11 Å². The normalized spacial score (nSPS) is 10.4. The largest absolute Gasteiger partial charge is 0.507 e. The Balaban J connectivity index is 2.25. The molecular formula is C19H16O. The molecule has 0 amide bonds. The number of hydrogen-bond acceptors (Lipinski definition) is 1. The summed E-state index contributed by atoms with van der Waals surface area (Å²) in [4.78, 5) is 0. The maximum Gasteiger partial charge on any atom is 0.123 e. The van der Waals surface area contributed by atoms with E-state index in [0.29, 0.717) is 5.75 Å². The molecule has 0 aliphatic carbocycles. The van der Waals surface area contributed by atoms with Crippen LogP contribution in [0.3, 0.4) is 0 Å². The maximum absolute atomic E-state index is 10.1. The van der Waals surface area contributed by atoms with Crippen molar-refractivity contribution in [3.05, 3.63) is 78.4 Å². The highest BCUT2D eigenvalue weighted by molar-refractivity contribution is 5.86. The second-order valence-corrected chi connectivity index (χ2v) is 4.93. The molecule has 0 radical (unpaired) electrons. The molecule has 0 aromatic heterocycles. The molecule has 0 fully saturated rings. The number of hydrogen-bond donors (Lipinski definition) is 1. The molecule has 1 heteroatoms. The summed E-state index contributed by atoms with van der Waals surface area (Å²) >= 11 is 0. The van der Waals surface area contributed by atoms with E-state index in [4.69, 9.17) is 0 Å². The average Bonchev–Trinajstić information content (AvgIpc) is 2.49. The molecule has 0 aliphatic heterocycles. The minimum absolute atomic E-state index is 0.313. The monoisotopic (exact) mass is 260 g/mol. The van der Waals surface area contributed by atoms with Crippen LogP contribution in [0.5, 0.6) is 5.75 Å². The summed E-state index contributed by atoms with van der Waals surface area (Å²) in [5.41, 5.74) is 5.44. The molecule has 3 aromatic rings. The van der Waals surface area contributed by atoms with Crippen LogP contribution in [0.25, 0.3) is 22.3 Å². The highest BCUT2D eigenvalue weighted by Gasteiger charge is 2.10. The van der Waals surface area contributed by atoms with Gasteiger partial charge in [0.15, 0.2) is 0 Å². The first-order valence-corrected chi connectivity index (χ1v) is 6.70. The third-order valence-electron chi connectivity index (χ3n) is 3.45. The third kappa shape index (κ3) is 2.30. The summed E-state index contributed by atoms with van der Waals surface area (Å²) in [6.45, 7) is 2.08. The van der Waals surface area contributed by atoms with Crippen molar-refractivity contribution >= 4 is 0 Å². The van der Waals surface area contributed by atoms with Gasteiger partial charge in [0.05, 0.1) is 0 Å². The smallest absolute Gasteiger partial charge is 0.123 e. The molecular weight excluding hydrogens is 244 g/mol. The van der Waals surface area contributed by atoms with Crippen molar-refractivity contribution < 1.29 is 5.11 Å². The number of rotatable bonds is 2. The molecule has 1 nitrogen and oxygen atoms in total. The van der Waals surface area contributed by atoms with Crippen molar-refractivity contribution in [1.29, 1.82) is 0 Å². The highest BCUT2D eigenvalue weighted by Crippen LogP contribution is 2.37. The van der Waals surface area contributed by atoms with E-state index in [1.54, 1.807) is 6.07 Å². The van der Waals surface area contributed by atoms with E-state index >= 15 is 0 Å². The molecule has 0 atom stereocenters. The summed E-state index contributed by atoms with van der Waals surface area (Å²) in [5.74, 6) is 0.313. The zero-order valence-corrected chi connectivity index (χ0v) is 11.4. The van der Waals surface area contributed by atoms with Gasteiger partial charge >= 0.3 is 0 Å². The van der Waals surface area contributed by atoms with Gasteiger partial charge in [-0.1, -0.05) is 72.3 Å². The second kappa shape index (κ2) is 5.22. The van der Waals surface area contributed by atoms with Crippen molar-refractivity contribution in [2.75, 3.05) is 0 Å². The summed E-state index contributed by atoms with van der Waals surface area (Å²) in [7, 11) is 0. The quantitative estimate of drug-likeness (QED) is 0.684. The van der Waals surface area contributed by atoms with E-state index in [1.165, 1.54) is 5.56 Å². The SMILES string of the molecule is Cc1ccc(-c2ccccc2O)c(-c2ccccc2)c1. The van der Waals surface area contributed by atoms with Crippen LogP contribution in [-0.4, -0.2) is 5.11 Å². The van der Waals surface area contributed by atoms with Crippen LogP contribution < -0.4 is 0 Å². The molecule has 0 bridgehead atoms. The van der Waals surface area contributed by atoms with Crippen molar-refractivity contribution in [3.8, 4) is 28.0 Å². The molecule has 0 unspecified atom stereocenters. The zero-order valence-electron chi connectivity index (χ0n) is 11.4. The first-order valence-electron chi connectivity index (χ1n) is 6.70. The standard InChI is InChI=1S/C19H16O/c1-14-11-12-16(17-9-5-6-10-19(17)20)18(13-14)15-7-3-2-4-8-15/h2-13,20H,1H3. The van der Waals surface area contributed by atoms with Gasteiger partial charge in [-0.3, -0.25) is 0 Å². The molecule has 0 aliphatic rings. The molecule has 3 aromatic carbocycles. The fourth-order valence-corrected chi connectivity index (χ4v) is 2.45. The molecule has 20 heavy (non-hydrogen) atoms. The zero-order chi connectivity index (χ0) is 13.9. The first kappa shape index (κ1) is 12.5. The predicted molar refractivity (Wildman–Crippen MR) is 83.7 cm³/mol. The number of aryl methyl sites for hydroxylation is 1. The van der Waals surface area contributed by atoms with Crippen molar-refractivity contribution in [2.45, 2.75) is 6.92 Å². The number of aromatic hydroxyl groups is 1. The minimum atomic E-state index is 0.313. The number of phenols is 1. The van der Waals surface area contributed by atoms with Gasteiger partial charge in [0, 0.05) is 5.56 Å².